The van der Waals surface area contributed by atoms with E-state index in [-0.39, 0.29) is 0 Å². The van der Waals surface area contributed by atoms with Crippen molar-refractivity contribution in [1.29, 1.82) is 0 Å². The first-order chi connectivity index (χ1) is 9.33. The van der Waals surface area contributed by atoms with Crippen LogP contribution < -0.4 is 5.32 Å². The van der Waals surface area contributed by atoms with Gasteiger partial charge in [-0.2, -0.15) is 0 Å². The van der Waals surface area contributed by atoms with Gasteiger partial charge in [-0.3, -0.25) is 0 Å². The molecule has 0 bridgehead atoms. The van der Waals surface area contributed by atoms with Gasteiger partial charge in [-0.1, -0.05) is 51.2 Å². The molecule has 1 nitrogen and oxygen atoms in total. The first kappa shape index (κ1) is 14.9. The number of benzene rings is 1. The van der Waals surface area contributed by atoms with Gasteiger partial charge in [0.2, 0.25) is 0 Å². The van der Waals surface area contributed by atoms with Crippen LogP contribution >= 0.6 is 11.8 Å². The Bertz CT molecular complexity index is 354. The second-order valence-corrected chi connectivity index (χ2v) is 6.50. The molecule has 0 radical (unpaired) electrons. The van der Waals surface area contributed by atoms with Gasteiger partial charge >= 0.3 is 0 Å². The van der Waals surface area contributed by atoms with Crippen molar-refractivity contribution in [3.63, 3.8) is 0 Å². The molecule has 1 atom stereocenters. The summed E-state index contributed by atoms with van der Waals surface area (Å²) in [5, 5.41) is 3.68. The zero-order chi connectivity index (χ0) is 13.5. The highest BCUT2D eigenvalue weighted by atomic mass is 32.2. The largest absolute Gasteiger partial charge is 0.310 e. The fraction of sp³-hybridized carbons (Fsp3) is 0.647. The predicted octanol–water partition coefficient (Wildman–Crippen LogP) is 5.03. The summed E-state index contributed by atoms with van der Waals surface area (Å²) in [5.41, 5.74) is 1.46. The van der Waals surface area contributed by atoms with Gasteiger partial charge in [0.05, 0.1) is 0 Å². The molecular formula is C17H27NS. The highest BCUT2D eigenvalue weighted by Crippen LogP contribution is 2.32. The van der Waals surface area contributed by atoms with Gasteiger partial charge in [-0.15, -0.1) is 11.8 Å². The third-order valence-corrected chi connectivity index (χ3v) is 5.01. The first-order valence-corrected chi connectivity index (χ1v) is 8.93. The smallest absolute Gasteiger partial charge is 0.0322 e. The molecule has 0 heterocycles. The monoisotopic (exact) mass is 277 g/mol. The van der Waals surface area contributed by atoms with Crippen molar-refractivity contribution < 1.29 is 0 Å². The molecule has 0 saturated heterocycles. The summed E-state index contributed by atoms with van der Waals surface area (Å²) < 4.78 is 0. The highest BCUT2D eigenvalue weighted by Gasteiger charge is 2.19. The highest BCUT2D eigenvalue weighted by molar-refractivity contribution is 7.98. The maximum atomic E-state index is 3.68. The molecule has 0 aromatic heterocycles. The maximum absolute atomic E-state index is 3.68. The van der Waals surface area contributed by atoms with Crippen LogP contribution in [0.5, 0.6) is 0 Å². The summed E-state index contributed by atoms with van der Waals surface area (Å²) >= 11 is 1.82. The molecule has 106 valence electrons. The Balaban J connectivity index is 2.00. The second kappa shape index (κ2) is 7.96. The summed E-state index contributed by atoms with van der Waals surface area (Å²) in [6.45, 7) is 3.27. The summed E-state index contributed by atoms with van der Waals surface area (Å²) in [5.74, 6) is 0.929. The van der Waals surface area contributed by atoms with E-state index >= 15 is 0 Å². The number of thioether (sulfide) groups is 1. The Morgan fingerprint density at radius 1 is 1.16 bits per heavy atom. The van der Waals surface area contributed by atoms with Crippen molar-refractivity contribution in [3.05, 3.63) is 29.8 Å². The van der Waals surface area contributed by atoms with E-state index in [1.807, 2.05) is 11.8 Å². The zero-order valence-electron chi connectivity index (χ0n) is 12.3. The Kier molecular flexibility index (Phi) is 6.25. The van der Waals surface area contributed by atoms with Crippen LogP contribution in [0.25, 0.3) is 0 Å². The average molecular weight is 277 g/mol. The Morgan fingerprint density at radius 3 is 2.42 bits per heavy atom. The number of nitrogens with one attached hydrogen (secondary N) is 1. The molecule has 2 rings (SSSR count). The topological polar surface area (TPSA) is 12.0 Å². The van der Waals surface area contributed by atoms with Crippen molar-refractivity contribution in [2.24, 2.45) is 5.92 Å². The van der Waals surface area contributed by atoms with E-state index in [0.29, 0.717) is 6.04 Å². The molecule has 1 aromatic carbocycles. The number of rotatable bonds is 6. The zero-order valence-corrected chi connectivity index (χ0v) is 13.1. The first-order valence-electron chi connectivity index (χ1n) is 7.70. The lowest BCUT2D eigenvalue weighted by atomic mass is 9.83. The summed E-state index contributed by atoms with van der Waals surface area (Å²) in [6, 6.07) is 9.67. The van der Waals surface area contributed by atoms with E-state index in [4.69, 9.17) is 0 Å². The van der Waals surface area contributed by atoms with E-state index in [2.05, 4.69) is 42.8 Å². The quantitative estimate of drug-likeness (QED) is 0.732. The average Bonchev–Trinajstić information content (AvgIpc) is 2.48. The van der Waals surface area contributed by atoms with Gasteiger partial charge in [0.1, 0.15) is 0 Å². The summed E-state index contributed by atoms with van der Waals surface area (Å²) in [6.07, 6.45) is 10.6. The minimum atomic E-state index is 0.545. The number of hydrogen-bond acceptors (Lipinski definition) is 2. The Labute approximate surface area is 122 Å². The van der Waals surface area contributed by atoms with Crippen molar-refractivity contribution >= 4 is 11.8 Å². The van der Waals surface area contributed by atoms with Crippen LogP contribution in [0.1, 0.15) is 57.1 Å². The van der Waals surface area contributed by atoms with Crippen LogP contribution in [0, 0.1) is 5.92 Å². The number of hydrogen-bond donors (Lipinski definition) is 1. The van der Waals surface area contributed by atoms with E-state index in [9.17, 15) is 0 Å². The fourth-order valence-electron chi connectivity index (χ4n) is 3.18. The van der Waals surface area contributed by atoms with Crippen molar-refractivity contribution in [2.75, 3.05) is 12.8 Å². The van der Waals surface area contributed by atoms with E-state index < -0.39 is 0 Å². The molecule has 1 aliphatic carbocycles. The SMILES string of the molecule is CCNC(CC1CCCCC1)c1ccc(SC)cc1. The van der Waals surface area contributed by atoms with E-state index in [0.717, 1.165) is 12.5 Å². The van der Waals surface area contributed by atoms with Gasteiger partial charge in [0, 0.05) is 10.9 Å². The van der Waals surface area contributed by atoms with Crippen molar-refractivity contribution in [2.45, 2.75) is 56.4 Å². The minimum absolute atomic E-state index is 0.545. The van der Waals surface area contributed by atoms with Crippen LogP contribution in [0.15, 0.2) is 29.2 Å². The molecule has 0 aliphatic heterocycles. The molecule has 1 saturated carbocycles. The molecule has 19 heavy (non-hydrogen) atoms. The predicted molar refractivity (Wildman–Crippen MR) is 85.8 cm³/mol. The molecule has 1 N–H and O–H groups in total. The Morgan fingerprint density at radius 2 is 1.84 bits per heavy atom. The summed E-state index contributed by atoms with van der Waals surface area (Å²) in [4.78, 5) is 1.36. The molecule has 1 unspecified atom stereocenters. The standard InChI is InChI=1S/C17H27NS/c1-3-18-17(13-14-7-5-4-6-8-14)15-9-11-16(19-2)12-10-15/h9-12,14,17-18H,3-8,13H2,1-2H3. The molecule has 1 aromatic rings. The lowest BCUT2D eigenvalue weighted by Crippen LogP contribution is -2.24. The molecule has 1 aliphatic rings. The molecule has 0 amide bonds. The van der Waals surface area contributed by atoms with E-state index in [1.165, 1.54) is 49.0 Å². The van der Waals surface area contributed by atoms with Crippen LogP contribution in [-0.4, -0.2) is 12.8 Å². The third kappa shape index (κ3) is 4.54. The minimum Gasteiger partial charge on any atom is -0.310 e. The van der Waals surface area contributed by atoms with Gasteiger partial charge < -0.3 is 5.32 Å². The van der Waals surface area contributed by atoms with Gasteiger partial charge in [0.15, 0.2) is 0 Å². The lowest BCUT2D eigenvalue weighted by molar-refractivity contribution is 0.301. The lowest BCUT2D eigenvalue weighted by Gasteiger charge is -2.27. The maximum Gasteiger partial charge on any atom is 0.0322 e. The Hall–Kier alpha value is -0.470. The van der Waals surface area contributed by atoms with Crippen molar-refractivity contribution in [3.8, 4) is 0 Å². The van der Waals surface area contributed by atoms with Gasteiger partial charge in [-0.25, -0.2) is 0 Å². The van der Waals surface area contributed by atoms with Crippen LogP contribution in [0.2, 0.25) is 0 Å². The van der Waals surface area contributed by atoms with Crippen LogP contribution in [0.4, 0.5) is 0 Å². The molecular weight excluding hydrogens is 250 g/mol. The fourth-order valence-corrected chi connectivity index (χ4v) is 3.58. The van der Waals surface area contributed by atoms with Gasteiger partial charge in [-0.05, 0) is 42.8 Å². The molecule has 0 spiro atoms. The van der Waals surface area contributed by atoms with Crippen LogP contribution in [0.3, 0.4) is 0 Å². The van der Waals surface area contributed by atoms with Crippen molar-refractivity contribution in [1.82, 2.24) is 5.32 Å². The van der Waals surface area contributed by atoms with Gasteiger partial charge in [0.25, 0.3) is 0 Å². The second-order valence-electron chi connectivity index (χ2n) is 5.62. The third-order valence-electron chi connectivity index (χ3n) is 4.26. The normalized spacial score (nSPS) is 18.4. The van der Waals surface area contributed by atoms with E-state index in [1.54, 1.807) is 0 Å². The molecule has 1 fully saturated rings. The molecule has 2 heteroatoms. The summed E-state index contributed by atoms with van der Waals surface area (Å²) in [7, 11) is 0. The van der Waals surface area contributed by atoms with Crippen LogP contribution in [-0.2, 0) is 0 Å².